The number of hydrogen-bond donors (Lipinski definition) is 0. The van der Waals surface area contributed by atoms with Gasteiger partial charge in [-0.1, -0.05) is 24.3 Å². The quantitative estimate of drug-likeness (QED) is 0.773. The first-order valence-electron chi connectivity index (χ1n) is 5.99. The lowest BCUT2D eigenvalue weighted by molar-refractivity contribution is -0.0527. The van der Waals surface area contributed by atoms with E-state index in [1.165, 1.54) is 5.56 Å². The van der Waals surface area contributed by atoms with Crippen molar-refractivity contribution < 1.29 is 9.53 Å². The summed E-state index contributed by atoms with van der Waals surface area (Å²) in [7, 11) is 0. The van der Waals surface area contributed by atoms with Gasteiger partial charge in [0.1, 0.15) is 0 Å². The molecule has 2 heterocycles. The molecule has 3 rings (SSSR count). The Hall–Kier alpha value is -2.00. The van der Waals surface area contributed by atoms with Gasteiger partial charge in [-0.05, 0) is 17.2 Å². The summed E-state index contributed by atoms with van der Waals surface area (Å²) in [6.07, 6.45) is 5.50. The van der Waals surface area contributed by atoms with Crippen LogP contribution in [0.3, 0.4) is 0 Å². The first kappa shape index (κ1) is 11.1. The molecule has 0 radical (unpaired) electrons. The van der Waals surface area contributed by atoms with E-state index in [4.69, 9.17) is 4.74 Å². The third-order valence-corrected chi connectivity index (χ3v) is 3.21. The fourth-order valence-electron chi connectivity index (χ4n) is 2.07. The van der Waals surface area contributed by atoms with Crippen molar-refractivity contribution in [2.24, 2.45) is 0 Å². The molecule has 3 heteroatoms. The maximum atomic E-state index is 10.7. The number of hydrogen-bond acceptors (Lipinski definition) is 3. The van der Waals surface area contributed by atoms with Gasteiger partial charge in [-0.2, -0.15) is 0 Å². The molecule has 0 spiro atoms. The Morgan fingerprint density at radius 2 is 1.94 bits per heavy atom. The molecule has 0 aliphatic carbocycles. The Kier molecular flexibility index (Phi) is 2.90. The van der Waals surface area contributed by atoms with Crippen LogP contribution in [0.1, 0.15) is 28.4 Å². The standard InChI is InChI=1S/C15H13NO2/c17-10-11-7-14(9-16-8-11)12-1-3-13(4-2-12)15-5-6-18-15/h1-4,7-10,15H,5-6H2. The van der Waals surface area contributed by atoms with Crippen molar-refractivity contribution in [3.05, 3.63) is 53.9 Å². The van der Waals surface area contributed by atoms with Crippen molar-refractivity contribution in [2.75, 3.05) is 6.61 Å². The molecule has 1 aromatic carbocycles. The minimum atomic E-state index is 0.262. The lowest BCUT2D eigenvalue weighted by Crippen LogP contribution is -2.17. The van der Waals surface area contributed by atoms with Gasteiger partial charge in [0.2, 0.25) is 0 Å². The fraction of sp³-hybridized carbons (Fsp3) is 0.200. The Morgan fingerprint density at radius 3 is 2.56 bits per heavy atom. The third-order valence-electron chi connectivity index (χ3n) is 3.21. The predicted octanol–water partition coefficient (Wildman–Crippen LogP) is 3.02. The molecule has 1 unspecified atom stereocenters. The average molecular weight is 239 g/mol. The van der Waals surface area contributed by atoms with Gasteiger partial charge in [0.05, 0.1) is 12.7 Å². The summed E-state index contributed by atoms with van der Waals surface area (Å²) >= 11 is 0. The van der Waals surface area contributed by atoms with E-state index in [0.29, 0.717) is 5.56 Å². The van der Waals surface area contributed by atoms with Crippen molar-refractivity contribution in [2.45, 2.75) is 12.5 Å². The molecule has 1 fully saturated rings. The summed E-state index contributed by atoms with van der Waals surface area (Å²) in [6, 6.07) is 10.1. The summed E-state index contributed by atoms with van der Waals surface area (Å²) in [5.74, 6) is 0. The number of aromatic nitrogens is 1. The molecule has 0 bridgehead atoms. The van der Waals surface area contributed by atoms with Crippen molar-refractivity contribution in [1.82, 2.24) is 4.98 Å². The van der Waals surface area contributed by atoms with Crippen molar-refractivity contribution >= 4 is 6.29 Å². The molecule has 0 saturated carbocycles. The fourth-order valence-corrected chi connectivity index (χ4v) is 2.07. The van der Waals surface area contributed by atoms with Crippen LogP contribution in [0, 0.1) is 0 Å². The molecule has 1 aliphatic heterocycles. The van der Waals surface area contributed by atoms with Crippen molar-refractivity contribution in [3.8, 4) is 11.1 Å². The van der Waals surface area contributed by atoms with Gasteiger partial charge < -0.3 is 4.74 Å². The van der Waals surface area contributed by atoms with Gasteiger partial charge in [-0.15, -0.1) is 0 Å². The largest absolute Gasteiger partial charge is 0.373 e. The maximum absolute atomic E-state index is 10.7. The van der Waals surface area contributed by atoms with Crippen LogP contribution in [-0.2, 0) is 4.74 Å². The Morgan fingerprint density at radius 1 is 1.17 bits per heavy atom. The molecular weight excluding hydrogens is 226 g/mol. The molecule has 1 atom stereocenters. The number of aldehydes is 1. The first-order chi connectivity index (χ1) is 8.86. The molecule has 90 valence electrons. The predicted molar refractivity (Wildman–Crippen MR) is 68.4 cm³/mol. The molecule has 0 N–H and O–H groups in total. The Labute approximate surface area is 105 Å². The van der Waals surface area contributed by atoms with Crippen LogP contribution in [-0.4, -0.2) is 17.9 Å². The lowest BCUT2D eigenvalue weighted by atomic mass is 9.99. The average Bonchev–Trinajstić information content (AvgIpc) is 2.38. The molecular formula is C15H13NO2. The highest BCUT2D eigenvalue weighted by molar-refractivity contribution is 5.77. The second-order valence-corrected chi connectivity index (χ2v) is 4.39. The van der Waals surface area contributed by atoms with E-state index in [-0.39, 0.29) is 6.10 Å². The first-order valence-corrected chi connectivity index (χ1v) is 5.99. The van der Waals surface area contributed by atoms with E-state index in [9.17, 15) is 4.79 Å². The zero-order chi connectivity index (χ0) is 12.4. The lowest BCUT2D eigenvalue weighted by Gasteiger charge is -2.26. The monoisotopic (exact) mass is 239 g/mol. The maximum Gasteiger partial charge on any atom is 0.151 e. The summed E-state index contributed by atoms with van der Waals surface area (Å²) in [6.45, 7) is 0.859. The van der Waals surface area contributed by atoms with E-state index >= 15 is 0 Å². The molecule has 1 aromatic heterocycles. The number of carbonyl (C=O) groups excluding carboxylic acids is 1. The van der Waals surface area contributed by atoms with E-state index in [1.54, 1.807) is 12.4 Å². The summed E-state index contributed by atoms with van der Waals surface area (Å²) in [5.41, 5.74) is 3.83. The van der Waals surface area contributed by atoms with Gasteiger partial charge in [-0.25, -0.2) is 0 Å². The number of ether oxygens (including phenoxy) is 1. The van der Waals surface area contributed by atoms with E-state index in [0.717, 1.165) is 30.4 Å². The minimum Gasteiger partial charge on any atom is -0.373 e. The summed E-state index contributed by atoms with van der Waals surface area (Å²) in [5, 5.41) is 0. The molecule has 0 amide bonds. The van der Waals surface area contributed by atoms with Crippen LogP contribution in [0.25, 0.3) is 11.1 Å². The molecule has 2 aromatic rings. The van der Waals surface area contributed by atoms with Crippen molar-refractivity contribution in [3.63, 3.8) is 0 Å². The van der Waals surface area contributed by atoms with Gasteiger partial charge in [0.25, 0.3) is 0 Å². The zero-order valence-corrected chi connectivity index (χ0v) is 9.87. The normalized spacial score (nSPS) is 18.1. The van der Waals surface area contributed by atoms with Gasteiger partial charge in [0.15, 0.2) is 6.29 Å². The second-order valence-electron chi connectivity index (χ2n) is 4.39. The Bertz CT molecular complexity index is 559. The number of rotatable bonds is 3. The van der Waals surface area contributed by atoms with Gasteiger partial charge in [0, 0.05) is 29.9 Å². The van der Waals surface area contributed by atoms with Crippen LogP contribution in [0.4, 0.5) is 0 Å². The highest BCUT2D eigenvalue weighted by Gasteiger charge is 2.19. The van der Waals surface area contributed by atoms with Crippen LogP contribution in [0.5, 0.6) is 0 Å². The van der Waals surface area contributed by atoms with Crippen LogP contribution in [0.15, 0.2) is 42.7 Å². The van der Waals surface area contributed by atoms with E-state index in [2.05, 4.69) is 17.1 Å². The van der Waals surface area contributed by atoms with Gasteiger partial charge >= 0.3 is 0 Å². The number of pyridine rings is 1. The molecule has 3 nitrogen and oxygen atoms in total. The van der Waals surface area contributed by atoms with Crippen LogP contribution >= 0.6 is 0 Å². The van der Waals surface area contributed by atoms with Gasteiger partial charge in [-0.3, -0.25) is 9.78 Å². The topological polar surface area (TPSA) is 39.2 Å². The minimum absolute atomic E-state index is 0.262. The van der Waals surface area contributed by atoms with Crippen LogP contribution < -0.4 is 0 Å². The molecule has 1 aliphatic rings. The highest BCUT2D eigenvalue weighted by atomic mass is 16.5. The van der Waals surface area contributed by atoms with E-state index in [1.807, 2.05) is 18.2 Å². The van der Waals surface area contributed by atoms with E-state index < -0.39 is 0 Å². The third kappa shape index (κ3) is 2.05. The number of benzene rings is 1. The highest BCUT2D eigenvalue weighted by Crippen LogP contribution is 2.30. The smallest absolute Gasteiger partial charge is 0.151 e. The Balaban J connectivity index is 1.88. The molecule has 1 saturated heterocycles. The number of nitrogens with zero attached hydrogens (tertiary/aromatic N) is 1. The summed E-state index contributed by atoms with van der Waals surface area (Å²) < 4.78 is 5.44. The second kappa shape index (κ2) is 4.70. The van der Waals surface area contributed by atoms with Crippen molar-refractivity contribution in [1.29, 1.82) is 0 Å². The summed E-state index contributed by atoms with van der Waals surface area (Å²) in [4.78, 5) is 14.8. The SMILES string of the molecule is O=Cc1cncc(-c2ccc(C3CCO3)cc2)c1. The molecule has 18 heavy (non-hydrogen) atoms. The zero-order valence-electron chi connectivity index (χ0n) is 9.87. The van der Waals surface area contributed by atoms with Crippen LogP contribution in [0.2, 0.25) is 0 Å². The number of carbonyl (C=O) groups is 1.